The number of hydrogen-bond donors (Lipinski definition) is 1. The van der Waals surface area contributed by atoms with Crippen LogP contribution in [0.15, 0.2) is 0 Å². The van der Waals surface area contributed by atoms with E-state index in [0.29, 0.717) is 12.8 Å². The van der Waals surface area contributed by atoms with Gasteiger partial charge >= 0.3 is 0 Å². The van der Waals surface area contributed by atoms with E-state index in [9.17, 15) is 4.79 Å². The Bertz CT molecular complexity index is 238. The van der Waals surface area contributed by atoms with Crippen LogP contribution in [0.1, 0.15) is 51.9 Å². The summed E-state index contributed by atoms with van der Waals surface area (Å²) in [5, 5.41) is 11.3. The third kappa shape index (κ3) is 4.83. The summed E-state index contributed by atoms with van der Waals surface area (Å²) in [6, 6.07) is 2.05. The average Bonchev–Trinajstić information content (AvgIpc) is 2.67. The summed E-state index contributed by atoms with van der Waals surface area (Å²) >= 11 is 0. The van der Waals surface area contributed by atoms with Crippen molar-refractivity contribution in [1.29, 1.82) is 5.26 Å². The van der Waals surface area contributed by atoms with Gasteiger partial charge in [-0.25, -0.2) is 0 Å². The van der Waals surface area contributed by atoms with E-state index in [4.69, 9.17) is 5.26 Å². The molecule has 0 heterocycles. The van der Waals surface area contributed by atoms with Gasteiger partial charge in [0, 0.05) is 12.5 Å². The number of nitrogens with zero attached hydrogens (tertiary/aromatic N) is 1. The Morgan fingerprint density at radius 2 is 2.20 bits per heavy atom. The van der Waals surface area contributed by atoms with Gasteiger partial charge in [-0.1, -0.05) is 25.7 Å². The summed E-state index contributed by atoms with van der Waals surface area (Å²) in [4.78, 5) is 11.5. The lowest BCUT2D eigenvalue weighted by Crippen LogP contribution is -2.32. The predicted molar refractivity (Wildman–Crippen MR) is 59.0 cm³/mol. The van der Waals surface area contributed by atoms with Gasteiger partial charge in [0.25, 0.3) is 0 Å². The highest BCUT2D eigenvalue weighted by molar-refractivity contribution is 5.76. The first-order valence-corrected chi connectivity index (χ1v) is 5.88. The molecule has 0 aromatic heterocycles. The molecule has 0 aromatic carbocycles. The minimum absolute atomic E-state index is 0.00826. The molecule has 1 saturated carbocycles. The van der Waals surface area contributed by atoms with E-state index in [1.54, 1.807) is 0 Å². The Hall–Kier alpha value is -1.04. The number of rotatable bonds is 5. The van der Waals surface area contributed by atoms with Gasteiger partial charge in [0.05, 0.1) is 12.5 Å². The lowest BCUT2D eigenvalue weighted by Gasteiger charge is -2.12. The van der Waals surface area contributed by atoms with Crippen LogP contribution in [0.2, 0.25) is 0 Å². The number of nitriles is 1. The molecular weight excluding hydrogens is 188 g/mol. The molecule has 1 N–H and O–H groups in total. The molecule has 1 rings (SSSR count). The van der Waals surface area contributed by atoms with E-state index in [0.717, 1.165) is 12.3 Å². The lowest BCUT2D eigenvalue weighted by molar-refractivity contribution is -0.121. The zero-order valence-electron chi connectivity index (χ0n) is 9.46. The van der Waals surface area contributed by atoms with E-state index >= 15 is 0 Å². The molecule has 0 radical (unpaired) electrons. The van der Waals surface area contributed by atoms with Crippen LogP contribution < -0.4 is 5.32 Å². The summed E-state index contributed by atoms with van der Waals surface area (Å²) in [5.74, 6) is 0.867. The zero-order valence-corrected chi connectivity index (χ0v) is 9.46. The maximum absolute atomic E-state index is 11.5. The fourth-order valence-electron chi connectivity index (χ4n) is 2.17. The second kappa shape index (κ2) is 6.44. The smallest absolute Gasteiger partial charge is 0.220 e. The summed E-state index contributed by atoms with van der Waals surface area (Å²) in [6.07, 6.45) is 7.29. The minimum atomic E-state index is -0.00826. The quantitative estimate of drug-likeness (QED) is 0.754. The monoisotopic (exact) mass is 208 g/mol. The summed E-state index contributed by atoms with van der Waals surface area (Å²) < 4.78 is 0. The van der Waals surface area contributed by atoms with Gasteiger partial charge in [-0.15, -0.1) is 0 Å². The molecular formula is C12H20N2O. The van der Waals surface area contributed by atoms with Crippen molar-refractivity contribution >= 4 is 5.91 Å². The van der Waals surface area contributed by atoms with Crippen molar-refractivity contribution in [1.82, 2.24) is 5.32 Å². The molecule has 3 heteroatoms. The second-order valence-corrected chi connectivity index (χ2v) is 4.52. The standard InChI is InChI=1S/C12H20N2O/c1-10(8-9-13)14-12(15)7-6-11-4-2-3-5-11/h10-11H,2-8H2,1H3,(H,14,15). The SMILES string of the molecule is CC(CC#N)NC(=O)CCC1CCCC1. The minimum Gasteiger partial charge on any atom is -0.353 e. The molecule has 15 heavy (non-hydrogen) atoms. The Morgan fingerprint density at radius 1 is 1.53 bits per heavy atom. The van der Waals surface area contributed by atoms with E-state index in [-0.39, 0.29) is 11.9 Å². The molecule has 0 aliphatic heterocycles. The predicted octanol–water partition coefficient (Wildman–Crippen LogP) is 2.38. The first-order valence-electron chi connectivity index (χ1n) is 5.88. The fraction of sp³-hybridized carbons (Fsp3) is 0.833. The Kier molecular flexibility index (Phi) is 5.17. The average molecular weight is 208 g/mol. The maximum Gasteiger partial charge on any atom is 0.220 e. The van der Waals surface area contributed by atoms with Crippen molar-refractivity contribution in [2.75, 3.05) is 0 Å². The first kappa shape index (κ1) is 12.0. The highest BCUT2D eigenvalue weighted by atomic mass is 16.1. The highest BCUT2D eigenvalue weighted by Gasteiger charge is 2.16. The molecule has 1 amide bonds. The molecule has 1 fully saturated rings. The number of carbonyl (C=O) groups is 1. The van der Waals surface area contributed by atoms with Gasteiger partial charge in [-0.3, -0.25) is 4.79 Å². The van der Waals surface area contributed by atoms with Crippen molar-refractivity contribution in [3.05, 3.63) is 0 Å². The molecule has 0 aromatic rings. The third-order valence-electron chi connectivity index (χ3n) is 3.06. The Morgan fingerprint density at radius 3 is 2.80 bits per heavy atom. The van der Waals surface area contributed by atoms with Gasteiger partial charge in [0.1, 0.15) is 0 Å². The fourth-order valence-corrected chi connectivity index (χ4v) is 2.17. The van der Waals surface area contributed by atoms with E-state index in [1.807, 2.05) is 6.92 Å². The molecule has 3 nitrogen and oxygen atoms in total. The Labute approximate surface area is 91.9 Å². The lowest BCUT2D eigenvalue weighted by atomic mass is 10.0. The topological polar surface area (TPSA) is 52.9 Å². The van der Waals surface area contributed by atoms with Crippen molar-refractivity contribution in [3.8, 4) is 6.07 Å². The van der Waals surface area contributed by atoms with Crippen LogP contribution in [0.3, 0.4) is 0 Å². The summed E-state index contributed by atoms with van der Waals surface area (Å²) in [7, 11) is 0. The van der Waals surface area contributed by atoms with Crippen molar-refractivity contribution in [2.45, 2.75) is 57.9 Å². The van der Waals surface area contributed by atoms with Gasteiger partial charge in [0.2, 0.25) is 5.91 Å². The summed E-state index contributed by atoms with van der Waals surface area (Å²) in [6.45, 7) is 1.87. The second-order valence-electron chi connectivity index (χ2n) is 4.52. The largest absolute Gasteiger partial charge is 0.353 e. The zero-order chi connectivity index (χ0) is 11.1. The number of nitrogens with one attached hydrogen (secondary N) is 1. The molecule has 0 spiro atoms. The molecule has 0 bridgehead atoms. The summed E-state index contributed by atoms with van der Waals surface area (Å²) in [5.41, 5.74) is 0. The maximum atomic E-state index is 11.5. The number of carbonyl (C=O) groups excluding carboxylic acids is 1. The van der Waals surface area contributed by atoms with Crippen LogP contribution in [0, 0.1) is 17.2 Å². The van der Waals surface area contributed by atoms with Crippen molar-refractivity contribution < 1.29 is 4.79 Å². The highest BCUT2D eigenvalue weighted by Crippen LogP contribution is 2.28. The molecule has 1 atom stereocenters. The van der Waals surface area contributed by atoms with E-state index in [2.05, 4.69) is 11.4 Å². The number of amides is 1. The van der Waals surface area contributed by atoms with Gasteiger partial charge in [-0.05, 0) is 19.3 Å². The molecule has 1 aliphatic carbocycles. The van der Waals surface area contributed by atoms with Crippen LogP contribution in [-0.4, -0.2) is 11.9 Å². The van der Waals surface area contributed by atoms with Gasteiger partial charge in [0.15, 0.2) is 0 Å². The Balaban J connectivity index is 2.10. The van der Waals surface area contributed by atoms with Crippen LogP contribution in [0.4, 0.5) is 0 Å². The van der Waals surface area contributed by atoms with Crippen molar-refractivity contribution in [2.24, 2.45) is 5.92 Å². The van der Waals surface area contributed by atoms with Crippen molar-refractivity contribution in [3.63, 3.8) is 0 Å². The van der Waals surface area contributed by atoms with Crippen LogP contribution >= 0.6 is 0 Å². The van der Waals surface area contributed by atoms with Gasteiger partial charge in [-0.2, -0.15) is 5.26 Å². The molecule has 84 valence electrons. The van der Waals surface area contributed by atoms with Gasteiger partial charge < -0.3 is 5.32 Å². The van der Waals surface area contributed by atoms with E-state index in [1.165, 1.54) is 25.7 Å². The van der Waals surface area contributed by atoms with Crippen LogP contribution in [0.25, 0.3) is 0 Å². The molecule has 1 aliphatic rings. The van der Waals surface area contributed by atoms with Crippen LogP contribution in [-0.2, 0) is 4.79 Å². The third-order valence-corrected chi connectivity index (χ3v) is 3.06. The van der Waals surface area contributed by atoms with Crippen LogP contribution in [0.5, 0.6) is 0 Å². The molecule has 1 unspecified atom stereocenters. The van der Waals surface area contributed by atoms with E-state index < -0.39 is 0 Å². The molecule has 0 saturated heterocycles. The number of hydrogen-bond acceptors (Lipinski definition) is 2. The first-order chi connectivity index (χ1) is 7.22. The normalized spacial score (nSPS) is 18.4.